The first-order valence-corrected chi connectivity index (χ1v) is 8.94. The Hall–Kier alpha value is -2.92. The maximum absolute atomic E-state index is 12.0. The van der Waals surface area contributed by atoms with Gasteiger partial charge in [-0.15, -0.1) is 0 Å². The van der Waals surface area contributed by atoms with Crippen LogP contribution in [-0.4, -0.2) is 17.5 Å². The van der Waals surface area contributed by atoms with Crippen LogP contribution in [0.3, 0.4) is 0 Å². The summed E-state index contributed by atoms with van der Waals surface area (Å²) in [5.41, 5.74) is 5.72. The molecule has 0 heterocycles. The molecular weight excluding hydrogens is 362 g/mol. The van der Waals surface area contributed by atoms with Crippen molar-refractivity contribution in [1.29, 1.82) is 0 Å². The SMILES string of the molecule is CC(/C=C/c1ccccc1)=N/NC(=O)CCC(=O)Nc1ccc(Cl)cc1C. The predicted octanol–water partition coefficient (Wildman–Crippen LogP) is 4.57. The fraction of sp³-hybridized carbons (Fsp3) is 0.190. The Morgan fingerprint density at radius 3 is 2.48 bits per heavy atom. The van der Waals surface area contributed by atoms with E-state index < -0.39 is 0 Å². The summed E-state index contributed by atoms with van der Waals surface area (Å²) >= 11 is 5.89. The number of carbonyl (C=O) groups excluding carboxylic acids is 2. The average molecular weight is 384 g/mol. The van der Waals surface area contributed by atoms with Crippen molar-refractivity contribution in [1.82, 2.24) is 5.43 Å². The van der Waals surface area contributed by atoms with Crippen molar-refractivity contribution in [3.05, 3.63) is 70.8 Å². The Morgan fingerprint density at radius 1 is 1.07 bits per heavy atom. The molecule has 0 radical (unpaired) electrons. The minimum Gasteiger partial charge on any atom is -0.326 e. The highest BCUT2D eigenvalue weighted by molar-refractivity contribution is 6.30. The summed E-state index contributed by atoms with van der Waals surface area (Å²) in [6, 6.07) is 15.0. The molecule has 0 saturated heterocycles. The third kappa shape index (κ3) is 7.46. The van der Waals surface area contributed by atoms with Crippen LogP contribution in [0.1, 0.15) is 30.9 Å². The highest BCUT2D eigenvalue weighted by Gasteiger charge is 2.08. The van der Waals surface area contributed by atoms with Gasteiger partial charge in [-0.3, -0.25) is 9.59 Å². The molecular formula is C21H22ClN3O2. The van der Waals surface area contributed by atoms with Crippen LogP contribution in [0.4, 0.5) is 5.69 Å². The van der Waals surface area contributed by atoms with Crippen molar-refractivity contribution in [2.24, 2.45) is 5.10 Å². The third-order valence-corrected chi connectivity index (χ3v) is 3.95. The van der Waals surface area contributed by atoms with Crippen LogP contribution in [0.5, 0.6) is 0 Å². The Labute approximate surface area is 164 Å². The zero-order valence-corrected chi connectivity index (χ0v) is 16.1. The number of hydrazone groups is 1. The fourth-order valence-corrected chi connectivity index (χ4v) is 2.46. The molecule has 0 aromatic heterocycles. The standard InChI is InChI=1S/C21H22ClN3O2/c1-15-14-18(22)10-11-19(15)23-20(26)12-13-21(27)25-24-16(2)8-9-17-6-4-3-5-7-17/h3-11,14H,12-13H2,1-2H3,(H,23,26)(H,25,27)/b9-8+,24-16-. The highest BCUT2D eigenvalue weighted by Crippen LogP contribution is 2.19. The van der Waals surface area contributed by atoms with Gasteiger partial charge in [-0.2, -0.15) is 5.10 Å². The quantitative estimate of drug-likeness (QED) is 0.543. The van der Waals surface area contributed by atoms with Crippen LogP contribution in [0.15, 0.2) is 59.7 Å². The molecule has 2 aromatic rings. The number of allylic oxidation sites excluding steroid dienone is 1. The third-order valence-electron chi connectivity index (χ3n) is 3.72. The van der Waals surface area contributed by atoms with E-state index in [0.717, 1.165) is 11.1 Å². The summed E-state index contributed by atoms with van der Waals surface area (Å²) in [6.07, 6.45) is 3.85. The van der Waals surface area contributed by atoms with Crippen molar-refractivity contribution in [2.45, 2.75) is 26.7 Å². The lowest BCUT2D eigenvalue weighted by atomic mass is 10.2. The lowest BCUT2D eigenvalue weighted by Crippen LogP contribution is -2.21. The van der Waals surface area contributed by atoms with E-state index in [2.05, 4.69) is 15.8 Å². The van der Waals surface area contributed by atoms with Crippen molar-refractivity contribution in [2.75, 3.05) is 5.32 Å². The topological polar surface area (TPSA) is 70.6 Å². The second-order valence-corrected chi connectivity index (χ2v) is 6.48. The first-order valence-electron chi connectivity index (χ1n) is 8.56. The van der Waals surface area contributed by atoms with Gasteiger partial charge in [0, 0.05) is 23.6 Å². The van der Waals surface area contributed by atoms with Crippen molar-refractivity contribution < 1.29 is 9.59 Å². The van der Waals surface area contributed by atoms with Gasteiger partial charge in [0.1, 0.15) is 0 Å². The molecule has 140 valence electrons. The predicted molar refractivity (Wildman–Crippen MR) is 111 cm³/mol. The Kier molecular flexibility index (Phi) is 7.77. The maximum Gasteiger partial charge on any atom is 0.240 e. The van der Waals surface area contributed by atoms with E-state index in [1.807, 2.05) is 49.4 Å². The lowest BCUT2D eigenvalue weighted by Gasteiger charge is -2.08. The number of anilines is 1. The molecule has 6 heteroatoms. The van der Waals surface area contributed by atoms with E-state index in [1.165, 1.54) is 0 Å². The largest absolute Gasteiger partial charge is 0.326 e. The van der Waals surface area contributed by atoms with Crippen LogP contribution >= 0.6 is 11.6 Å². The van der Waals surface area contributed by atoms with E-state index in [9.17, 15) is 9.59 Å². The smallest absolute Gasteiger partial charge is 0.240 e. The molecule has 5 nitrogen and oxygen atoms in total. The van der Waals surface area contributed by atoms with Crippen molar-refractivity contribution in [3.8, 4) is 0 Å². The van der Waals surface area contributed by atoms with Gasteiger partial charge in [0.15, 0.2) is 0 Å². The number of nitrogens with zero attached hydrogens (tertiary/aromatic N) is 1. The molecule has 0 atom stereocenters. The van der Waals surface area contributed by atoms with Crippen LogP contribution in [0.25, 0.3) is 6.08 Å². The highest BCUT2D eigenvalue weighted by atomic mass is 35.5. The fourth-order valence-electron chi connectivity index (χ4n) is 2.23. The molecule has 2 rings (SSSR count). The maximum atomic E-state index is 12.0. The molecule has 2 amide bonds. The molecule has 2 aromatic carbocycles. The number of hydrogen-bond donors (Lipinski definition) is 2. The first-order chi connectivity index (χ1) is 12.9. The summed E-state index contributed by atoms with van der Waals surface area (Å²) < 4.78 is 0. The zero-order chi connectivity index (χ0) is 19.6. The minimum atomic E-state index is -0.314. The van der Waals surface area contributed by atoms with Crippen LogP contribution in [-0.2, 0) is 9.59 Å². The Morgan fingerprint density at radius 2 is 1.78 bits per heavy atom. The number of benzene rings is 2. The normalized spacial score (nSPS) is 11.4. The van der Waals surface area contributed by atoms with Crippen LogP contribution in [0.2, 0.25) is 5.02 Å². The van der Waals surface area contributed by atoms with E-state index >= 15 is 0 Å². The summed E-state index contributed by atoms with van der Waals surface area (Å²) in [6.45, 7) is 3.64. The summed E-state index contributed by atoms with van der Waals surface area (Å²) in [5, 5.41) is 7.39. The Balaban J connectivity index is 1.76. The monoisotopic (exact) mass is 383 g/mol. The number of nitrogens with one attached hydrogen (secondary N) is 2. The van der Waals surface area contributed by atoms with Gasteiger partial charge in [-0.25, -0.2) is 5.43 Å². The molecule has 0 aliphatic carbocycles. The number of amides is 2. The number of halogens is 1. The van der Waals surface area contributed by atoms with Gasteiger partial charge in [0.05, 0.1) is 5.71 Å². The van der Waals surface area contributed by atoms with Crippen LogP contribution in [0, 0.1) is 6.92 Å². The minimum absolute atomic E-state index is 0.0532. The van der Waals surface area contributed by atoms with Gasteiger partial charge < -0.3 is 5.32 Å². The number of hydrogen-bond acceptors (Lipinski definition) is 3. The molecule has 0 aliphatic rings. The first kappa shape index (κ1) is 20.4. The molecule has 0 saturated carbocycles. The lowest BCUT2D eigenvalue weighted by molar-refractivity contribution is -0.124. The van der Waals surface area contributed by atoms with E-state index in [4.69, 9.17) is 11.6 Å². The van der Waals surface area contributed by atoms with Crippen LogP contribution < -0.4 is 10.7 Å². The van der Waals surface area contributed by atoms with Gasteiger partial charge >= 0.3 is 0 Å². The number of aryl methyl sites for hydroxylation is 1. The Bertz CT molecular complexity index is 861. The summed E-state index contributed by atoms with van der Waals surface area (Å²) in [7, 11) is 0. The molecule has 0 bridgehead atoms. The van der Waals surface area contributed by atoms with E-state index in [1.54, 1.807) is 25.1 Å². The number of rotatable bonds is 7. The summed E-state index contributed by atoms with van der Waals surface area (Å²) in [4.78, 5) is 23.8. The average Bonchev–Trinajstić information content (AvgIpc) is 2.66. The second-order valence-electron chi connectivity index (χ2n) is 6.04. The van der Waals surface area contributed by atoms with Gasteiger partial charge in [0.2, 0.25) is 11.8 Å². The molecule has 2 N–H and O–H groups in total. The van der Waals surface area contributed by atoms with Crippen molar-refractivity contribution >= 4 is 40.9 Å². The van der Waals surface area contributed by atoms with E-state index in [-0.39, 0.29) is 24.7 Å². The van der Waals surface area contributed by atoms with Gasteiger partial charge in [-0.1, -0.05) is 48.0 Å². The van der Waals surface area contributed by atoms with Crippen molar-refractivity contribution in [3.63, 3.8) is 0 Å². The summed E-state index contributed by atoms with van der Waals surface area (Å²) in [5.74, 6) is -0.550. The van der Waals surface area contributed by atoms with Gasteiger partial charge in [0.25, 0.3) is 0 Å². The molecule has 0 fully saturated rings. The second kappa shape index (κ2) is 10.3. The molecule has 0 aliphatic heterocycles. The molecule has 0 spiro atoms. The zero-order valence-electron chi connectivity index (χ0n) is 15.3. The van der Waals surface area contributed by atoms with E-state index in [0.29, 0.717) is 16.4 Å². The van der Waals surface area contributed by atoms with Gasteiger partial charge in [-0.05, 0) is 49.2 Å². The molecule has 0 unspecified atom stereocenters. The number of carbonyl (C=O) groups is 2. The molecule has 27 heavy (non-hydrogen) atoms.